The molecule has 23 heavy (non-hydrogen) atoms. The van der Waals surface area contributed by atoms with Crippen molar-refractivity contribution in [3.63, 3.8) is 0 Å². The van der Waals surface area contributed by atoms with Crippen molar-refractivity contribution >= 4 is 15.7 Å². The Labute approximate surface area is 138 Å². The summed E-state index contributed by atoms with van der Waals surface area (Å²) in [4.78, 5) is 12.8. The molecule has 1 aliphatic heterocycles. The number of benzene rings is 1. The van der Waals surface area contributed by atoms with Gasteiger partial charge in [-0.15, -0.1) is 0 Å². The van der Waals surface area contributed by atoms with Crippen LogP contribution in [-0.2, 0) is 14.6 Å². The van der Waals surface area contributed by atoms with Crippen LogP contribution in [0, 0.1) is 0 Å². The van der Waals surface area contributed by atoms with E-state index in [9.17, 15) is 13.2 Å². The van der Waals surface area contributed by atoms with Gasteiger partial charge in [-0.3, -0.25) is 4.79 Å². The molecule has 0 saturated carbocycles. The summed E-state index contributed by atoms with van der Waals surface area (Å²) >= 11 is 0. The zero-order valence-corrected chi connectivity index (χ0v) is 14.8. The molecule has 1 aromatic rings. The van der Waals surface area contributed by atoms with Gasteiger partial charge in [-0.25, -0.2) is 8.42 Å². The summed E-state index contributed by atoms with van der Waals surface area (Å²) in [6.07, 6.45) is 1.82. The molecule has 0 aliphatic carbocycles. The van der Waals surface area contributed by atoms with E-state index in [1.165, 1.54) is 6.26 Å². The number of sulfone groups is 1. The van der Waals surface area contributed by atoms with Crippen molar-refractivity contribution in [3.05, 3.63) is 35.9 Å². The van der Waals surface area contributed by atoms with E-state index in [2.05, 4.69) is 10.6 Å². The number of amides is 1. The second-order valence-corrected chi connectivity index (χ2v) is 8.80. The van der Waals surface area contributed by atoms with Gasteiger partial charge in [-0.05, 0) is 38.4 Å². The largest absolute Gasteiger partial charge is 0.352 e. The maximum atomic E-state index is 12.8. The van der Waals surface area contributed by atoms with Crippen LogP contribution in [0.1, 0.15) is 38.2 Å². The van der Waals surface area contributed by atoms with Crippen LogP contribution in [0.25, 0.3) is 0 Å². The fraction of sp³-hybridized carbons (Fsp3) is 0.588. The zero-order chi connectivity index (χ0) is 17.1. The number of carbonyl (C=O) groups excluding carboxylic acids is 1. The molecule has 1 aliphatic rings. The van der Waals surface area contributed by atoms with E-state index in [-0.39, 0.29) is 17.9 Å². The third kappa shape index (κ3) is 3.75. The highest BCUT2D eigenvalue weighted by Crippen LogP contribution is 2.29. The Morgan fingerprint density at radius 2 is 1.74 bits per heavy atom. The van der Waals surface area contributed by atoms with E-state index in [1.807, 2.05) is 44.2 Å². The van der Waals surface area contributed by atoms with E-state index >= 15 is 0 Å². The monoisotopic (exact) mass is 338 g/mol. The number of carbonyl (C=O) groups is 1. The smallest absolute Gasteiger partial charge is 0.241 e. The molecule has 5 nitrogen and oxygen atoms in total. The summed E-state index contributed by atoms with van der Waals surface area (Å²) < 4.78 is 23.3. The minimum absolute atomic E-state index is 0.110. The standard InChI is InChI=1S/C17H26N2O3S/c1-13(15-7-5-4-6-8-15)14(2)19-16(20)17(23(3,21)22)9-11-18-12-10-17/h4-8,13-14,18H,9-12H2,1-3H3,(H,19,20). The maximum absolute atomic E-state index is 12.8. The first-order chi connectivity index (χ1) is 10.8. The van der Waals surface area contributed by atoms with Gasteiger partial charge >= 0.3 is 0 Å². The number of rotatable bonds is 5. The predicted octanol–water partition coefficient (Wildman–Crippen LogP) is 1.46. The van der Waals surface area contributed by atoms with E-state index in [1.54, 1.807) is 0 Å². The summed E-state index contributed by atoms with van der Waals surface area (Å²) in [5.41, 5.74) is 1.12. The lowest BCUT2D eigenvalue weighted by Crippen LogP contribution is -2.59. The van der Waals surface area contributed by atoms with Crippen LogP contribution >= 0.6 is 0 Å². The maximum Gasteiger partial charge on any atom is 0.241 e. The van der Waals surface area contributed by atoms with Gasteiger partial charge in [-0.2, -0.15) is 0 Å². The van der Waals surface area contributed by atoms with E-state index in [0.29, 0.717) is 25.9 Å². The molecule has 1 fully saturated rings. The molecule has 0 aromatic heterocycles. The summed E-state index contributed by atoms with van der Waals surface area (Å²) in [5, 5.41) is 6.07. The van der Waals surface area contributed by atoms with Crippen LogP contribution in [0.5, 0.6) is 0 Å². The molecular formula is C17H26N2O3S. The Hall–Kier alpha value is -1.40. The lowest BCUT2D eigenvalue weighted by molar-refractivity contribution is -0.125. The molecule has 1 heterocycles. The Morgan fingerprint density at radius 1 is 1.17 bits per heavy atom. The molecule has 2 unspecified atom stereocenters. The third-order valence-electron chi connectivity index (χ3n) is 4.97. The lowest BCUT2D eigenvalue weighted by atomic mass is 9.92. The average molecular weight is 338 g/mol. The molecule has 2 N–H and O–H groups in total. The number of hydrogen-bond donors (Lipinski definition) is 2. The van der Waals surface area contributed by atoms with Crippen molar-refractivity contribution in [2.75, 3.05) is 19.3 Å². The van der Waals surface area contributed by atoms with E-state index < -0.39 is 14.6 Å². The van der Waals surface area contributed by atoms with Crippen molar-refractivity contribution in [2.24, 2.45) is 0 Å². The molecule has 1 amide bonds. The van der Waals surface area contributed by atoms with Crippen molar-refractivity contribution in [3.8, 4) is 0 Å². The summed E-state index contributed by atoms with van der Waals surface area (Å²) in [7, 11) is -3.47. The second kappa shape index (κ2) is 7.01. The molecule has 0 spiro atoms. The van der Waals surface area contributed by atoms with Crippen molar-refractivity contribution in [1.29, 1.82) is 0 Å². The summed E-state index contributed by atoms with van der Waals surface area (Å²) in [5.74, 6) is -0.254. The number of nitrogens with one attached hydrogen (secondary N) is 2. The van der Waals surface area contributed by atoms with Crippen LogP contribution in [0.3, 0.4) is 0 Å². The van der Waals surface area contributed by atoms with Crippen molar-refractivity contribution in [2.45, 2.75) is 43.4 Å². The van der Waals surface area contributed by atoms with Crippen LogP contribution < -0.4 is 10.6 Å². The first-order valence-corrected chi connectivity index (χ1v) is 9.93. The van der Waals surface area contributed by atoms with Gasteiger partial charge in [0.15, 0.2) is 14.6 Å². The number of piperidine rings is 1. The molecule has 1 saturated heterocycles. The Bertz CT molecular complexity index is 637. The normalized spacial score (nSPS) is 20.5. The van der Waals surface area contributed by atoms with Gasteiger partial charge in [0.25, 0.3) is 0 Å². The minimum atomic E-state index is -3.47. The van der Waals surface area contributed by atoms with Gasteiger partial charge < -0.3 is 10.6 Å². The van der Waals surface area contributed by atoms with E-state index in [4.69, 9.17) is 0 Å². The highest BCUT2D eigenvalue weighted by molar-refractivity contribution is 7.92. The number of hydrogen-bond acceptors (Lipinski definition) is 4. The van der Waals surface area contributed by atoms with Gasteiger partial charge in [0, 0.05) is 18.2 Å². The SMILES string of the molecule is CC(NC(=O)C1(S(C)(=O)=O)CCNCC1)C(C)c1ccccc1. The van der Waals surface area contributed by atoms with Crippen molar-refractivity contribution < 1.29 is 13.2 Å². The summed E-state index contributed by atoms with van der Waals surface area (Å²) in [6.45, 7) is 5.05. The molecular weight excluding hydrogens is 312 g/mol. The van der Waals surface area contributed by atoms with E-state index in [0.717, 1.165) is 5.56 Å². The van der Waals surface area contributed by atoms with Crippen LogP contribution in [0.15, 0.2) is 30.3 Å². The Morgan fingerprint density at radius 3 is 2.26 bits per heavy atom. The zero-order valence-electron chi connectivity index (χ0n) is 14.0. The molecule has 1 aromatic carbocycles. The Kier molecular flexibility index (Phi) is 5.47. The predicted molar refractivity (Wildman–Crippen MR) is 92.1 cm³/mol. The quantitative estimate of drug-likeness (QED) is 0.852. The van der Waals surface area contributed by atoms with Gasteiger partial charge in [0.1, 0.15) is 0 Å². The van der Waals surface area contributed by atoms with Gasteiger partial charge in [0.05, 0.1) is 0 Å². The van der Waals surface area contributed by atoms with Gasteiger partial charge in [0.2, 0.25) is 5.91 Å². The minimum Gasteiger partial charge on any atom is -0.352 e. The summed E-state index contributed by atoms with van der Waals surface area (Å²) in [6, 6.07) is 9.77. The van der Waals surface area contributed by atoms with Crippen LogP contribution in [0.2, 0.25) is 0 Å². The molecule has 2 atom stereocenters. The second-order valence-electron chi connectivity index (χ2n) is 6.48. The van der Waals surface area contributed by atoms with Crippen LogP contribution in [-0.4, -0.2) is 44.5 Å². The molecule has 0 radical (unpaired) electrons. The fourth-order valence-corrected chi connectivity index (χ4v) is 4.45. The lowest BCUT2D eigenvalue weighted by Gasteiger charge is -2.36. The van der Waals surface area contributed by atoms with Crippen molar-refractivity contribution in [1.82, 2.24) is 10.6 Å². The Balaban J connectivity index is 2.16. The highest BCUT2D eigenvalue weighted by atomic mass is 32.2. The van der Waals surface area contributed by atoms with Gasteiger partial charge in [-0.1, -0.05) is 37.3 Å². The molecule has 6 heteroatoms. The third-order valence-corrected chi connectivity index (χ3v) is 6.98. The first-order valence-electron chi connectivity index (χ1n) is 8.04. The average Bonchev–Trinajstić information content (AvgIpc) is 2.54. The highest BCUT2D eigenvalue weighted by Gasteiger charge is 2.49. The fourth-order valence-electron chi connectivity index (χ4n) is 3.11. The van der Waals surface area contributed by atoms with Crippen LogP contribution in [0.4, 0.5) is 0 Å². The molecule has 0 bridgehead atoms. The first kappa shape index (κ1) is 17.9. The molecule has 2 rings (SSSR count). The topological polar surface area (TPSA) is 75.3 Å². The molecule has 128 valence electrons.